The molecule has 1 atom stereocenters. The second kappa shape index (κ2) is 7.95. The molecule has 2 aromatic rings. The maximum absolute atomic E-state index is 6.30. The van der Waals surface area contributed by atoms with Gasteiger partial charge in [-0.05, 0) is 49.4 Å². The van der Waals surface area contributed by atoms with E-state index in [0.717, 1.165) is 30.1 Å². The summed E-state index contributed by atoms with van der Waals surface area (Å²) in [5.41, 5.74) is 7.42. The van der Waals surface area contributed by atoms with Crippen LogP contribution in [0.3, 0.4) is 0 Å². The third kappa shape index (κ3) is 5.11. The van der Waals surface area contributed by atoms with Crippen molar-refractivity contribution in [3.05, 3.63) is 57.2 Å². The average molecular weight is 323 g/mol. The molecule has 114 valence electrons. The van der Waals surface area contributed by atoms with E-state index in [1.165, 1.54) is 4.88 Å². The monoisotopic (exact) mass is 322 g/mol. The van der Waals surface area contributed by atoms with Crippen LogP contribution in [0.1, 0.15) is 36.8 Å². The van der Waals surface area contributed by atoms with Crippen LogP contribution in [-0.4, -0.2) is 17.5 Å². The molecule has 1 unspecified atom stereocenters. The smallest absolute Gasteiger partial charge is 0.0409 e. The molecular formula is C17H23ClN2S. The Morgan fingerprint density at radius 2 is 2.05 bits per heavy atom. The van der Waals surface area contributed by atoms with Crippen LogP contribution in [-0.2, 0) is 6.54 Å². The van der Waals surface area contributed by atoms with Gasteiger partial charge in [0.25, 0.3) is 0 Å². The first-order valence-corrected chi connectivity index (χ1v) is 8.59. The quantitative estimate of drug-likeness (QED) is 0.800. The first kappa shape index (κ1) is 16.5. The van der Waals surface area contributed by atoms with E-state index < -0.39 is 0 Å². The zero-order valence-corrected chi connectivity index (χ0v) is 14.2. The van der Waals surface area contributed by atoms with Crippen LogP contribution in [0, 0.1) is 0 Å². The molecule has 0 aliphatic carbocycles. The van der Waals surface area contributed by atoms with E-state index in [0.29, 0.717) is 6.04 Å². The molecule has 2 rings (SSSR count). The van der Waals surface area contributed by atoms with Gasteiger partial charge in [0.2, 0.25) is 0 Å². The van der Waals surface area contributed by atoms with Gasteiger partial charge in [0.15, 0.2) is 0 Å². The molecule has 0 bridgehead atoms. The zero-order chi connectivity index (χ0) is 15.2. The van der Waals surface area contributed by atoms with Crippen LogP contribution in [0.25, 0.3) is 0 Å². The van der Waals surface area contributed by atoms with Gasteiger partial charge in [-0.15, -0.1) is 11.3 Å². The summed E-state index contributed by atoms with van der Waals surface area (Å²) in [6.07, 6.45) is 0.934. The van der Waals surface area contributed by atoms with Gasteiger partial charge < -0.3 is 5.73 Å². The Balaban J connectivity index is 1.92. The largest absolute Gasteiger partial charge is 0.324 e. The summed E-state index contributed by atoms with van der Waals surface area (Å²) in [4.78, 5) is 3.87. The molecule has 0 amide bonds. The third-order valence-corrected chi connectivity index (χ3v) is 4.77. The normalized spacial score (nSPS) is 13.0. The average Bonchev–Trinajstić information content (AvgIpc) is 2.95. The van der Waals surface area contributed by atoms with Crippen LogP contribution in [0.4, 0.5) is 0 Å². The summed E-state index contributed by atoms with van der Waals surface area (Å²) in [7, 11) is 0. The molecule has 1 heterocycles. The van der Waals surface area contributed by atoms with Crippen molar-refractivity contribution in [2.75, 3.05) is 6.54 Å². The molecule has 0 aliphatic rings. The van der Waals surface area contributed by atoms with Crippen molar-refractivity contribution in [3.63, 3.8) is 0 Å². The van der Waals surface area contributed by atoms with Crippen LogP contribution in [0.2, 0.25) is 5.02 Å². The van der Waals surface area contributed by atoms with Crippen molar-refractivity contribution >= 4 is 22.9 Å². The number of thiophene rings is 1. The highest BCUT2D eigenvalue weighted by molar-refractivity contribution is 7.09. The van der Waals surface area contributed by atoms with E-state index in [-0.39, 0.29) is 6.04 Å². The lowest BCUT2D eigenvalue weighted by atomic mass is 10.0. The Kier molecular flexibility index (Phi) is 6.24. The van der Waals surface area contributed by atoms with Gasteiger partial charge in [-0.3, -0.25) is 4.90 Å². The minimum Gasteiger partial charge on any atom is -0.324 e. The Morgan fingerprint density at radius 1 is 1.24 bits per heavy atom. The second-order valence-electron chi connectivity index (χ2n) is 5.59. The summed E-state index contributed by atoms with van der Waals surface area (Å²) < 4.78 is 0. The minimum absolute atomic E-state index is 0.0354. The van der Waals surface area contributed by atoms with E-state index >= 15 is 0 Å². The maximum Gasteiger partial charge on any atom is 0.0409 e. The standard InChI is InChI=1S/C17H23ClN2S/c1-13(2)20(12-16-7-4-10-21-16)9-8-17(19)14-5-3-6-15(18)11-14/h3-7,10-11,13,17H,8-9,12,19H2,1-2H3. The van der Waals surface area contributed by atoms with Gasteiger partial charge in [0.1, 0.15) is 0 Å². The highest BCUT2D eigenvalue weighted by Gasteiger charge is 2.14. The number of hydrogen-bond donors (Lipinski definition) is 1. The molecule has 0 saturated heterocycles. The molecule has 2 nitrogen and oxygen atoms in total. The van der Waals surface area contributed by atoms with E-state index in [2.05, 4.69) is 42.3 Å². The fraction of sp³-hybridized carbons (Fsp3) is 0.412. The first-order valence-electron chi connectivity index (χ1n) is 7.33. The maximum atomic E-state index is 6.30. The van der Waals surface area contributed by atoms with Gasteiger partial charge in [-0.2, -0.15) is 0 Å². The molecule has 4 heteroatoms. The van der Waals surface area contributed by atoms with E-state index in [9.17, 15) is 0 Å². The molecule has 0 aliphatic heterocycles. The molecule has 1 aromatic heterocycles. The summed E-state index contributed by atoms with van der Waals surface area (Å²) in [5, 5.41) is 2.88. The Bertz CT molecular complexity index is 539. The van der Waals surface area contributed by atoms with Gasteiger partial charge in [-0.25, -0.2) is 0 Å². The molecule has 0 saturated carbocycles. The fourth-order valence-electron chi connectivity index (χ4n) is 2.33. The van der Waals surface area contributed by atoms with E-state index in [1.54, 1.807) is 0 Å². The lowest BCUT2D eigenvalue weighted by Crippen LogP contribution is -2.32. The lowest BCUT2D eigenvalue weighted by molar-refractivity contribution is 0.207. The molecule has 21 heavy (non-hydrogen) atoms. The highest BCUT2D eigenvalue weighted by atomic mass is 35.5. The van der Waals surface area contributed by atoms with Gasteiger partial charge in [0, 0.05) is 35.1 Å². The topological polar surface area (TPSA) is 29.3 Å². The molecule has 0 spiro atoms. The van der Waals surface area contributed by atoms with Crippen LogP contribution >= 0.6 is 22.9 Å². The van der Waals surface area contributed by atoms with Gasteiger partial charge >= 0.3 is 0 Å². The van der Waals surface area contributed by atoms with Crippen molar-refractivity contribution in [2.45, 2.75) is 38.9 Å². The number of benzene rings is 1. The molecule has 0 fully saturated rings. The predicted octanol–water partition coefficient (Wildman–Crippen LogP) is 4.70. The molecular weight excluding hydrogens is 300 g/mol. The van der Waals surface area contributed by atoms with Crippen molar-refractivity contribution in [1.82, 2.24) is 4.90 Å². The number of nitrogens with two attached hydrogens (primary N) is 1. The third-order valence-electron chi connectivity index (χ3n) is 3.67. The summed E-state index contributed by atoms with van der Waals surface area (Å²) >= 11 is 7.84. The SMILES string of the molecule is CC(C)N(CCC(N)c1cccc(Cl)c1)Cc1cccs1. The van der Waals surface area contributed by atoms with Crippen LogP contribution in [0.5, 0.6) is 0 Å². The van der Waals surface area contributed by atoms with Gasteiger partial charge in [0.05, 0.1) is 0 Å². The minimum atomic E-state index is 0.0354. The summed E-state index contributed by atoms with van der Waals surface area (Å²) in [6, 6.07) is 12.7. The number of rotatable bonds is 7. The number of hydrogen-bond acceptors (Lipinski definition) is 3. The number of nitrogens with zero attached hydrogens (tertiary/aromatic N) is 1. The molecule has 0 radical (unpaired) electrons. The van der Waals surface area contributed by atoms with Crippen LogP contribution in [0.15, 0.2) is 41.8 Å². The Hall–Kier alpha value is -0.870. The summed E-state index contributed by atoms with van der Waals surface area (Å²) in [5.74, 6) is 0. The lowest BCUT2D eigenvalue weighted by Gasteiger charge is -2.27. The Morgan fingerprint density at radius 3 is 2.67 bits per heavy atom. The van der Waals surface area contributed by atoms with E-state index in [1.807, 2.05) is 29.5 Å². The van der Waals surface area contributed by atoms with Gasteiger partial charge in [-0.1, -0.05) is 29.8 Å². The van der Waals surface area contributed by atoms with Crippen LogP contribution < -0.4 is 5.73 Å². The first-order chi connectivity index (χ1) is 10.1. The fourth-order valence-corrected chi connectivity index (χ4v) is 3.26. The van der Waals surface area contributed by atoms with Crippen molar-refractivity contribution in [2.24, 2.45) is 5.73 Å². The Labute approximate surface area is 136 Å². The van der Waals surface area contributed by atoms with E-state index in [4.69, 9.17) is 17.3 Å². The number of halogens is 1. The van der Waals surface area contributed by atoms with Crippen molar-refractivity contribution in [3.8, 4) is 0 Å². The van der Waals surface area contributed by atoms with Crippen molar-refractivity contribution < 1.29 is 0 Å². The predicted molar refractivity (Wildman–Crippen MR) is 92.9 cm³/mol. The molecule has 1 aromatic carbocycles. The second-order valence-corrected chi connectivity index (χ2v) is 7.06. The highest BCUT2D eigenvalue weighted by Crippen LogP contribution is 2.20. The van der Waals surface area contributed by atoms with Crippen molar-refractivity contribution in [1.29, 1.82) is 0 Å². The zero-order valence-electron chi connectivity index (χ0n) is 12.6. The molecule has 2 N–H and O–H groups in total. The summed E-state index contributed by atoms with van der Waals surface area (Å²) in [6.45, 7) is 6.46.